The fourth-order valence-electron chi connectivity index (χ4n) is 3.80. The highest BCUT2D eigenvalue weighted by atomic mass is 16.5. The van der Waals surface area contributed by atoms with Gasteiger partial charge in [-0.15, -0.1) is 0 Å². The minimum Gasteiger partial charge on any atom is -0.457 e. The predicted molar refractivity (Wildman–Crippen MR) is 159 cm³/mol. The Morgan fingerprint density at radius 2 is 0.605 bits per heavy atom. The summed E-state index contributed by atoms with van der Waals surface area (Å²) >= 11 is 0. The number of ether oxygens (including phenoxy) is 2. The van der Waals surface area contributed by atoms with E-state index < -0.39 is 0 Å². The largest absolute Gasteiger partial charge is 0.457 e. The lowest BCUT2D eigenvalue weighted by Crippen LogP contribution is -1.93. The smallest absolute Gasteiger partial charge is 0.127 e. The van der Waals surface area contributed by atoms with E-state index in [1.807, 2.05) is 133 Å². The Bertz CT molecular complexity index is 1370. The van der Waals surface area contributed by atoms with Crippen LogP contribution in [0, 0.1) is 0 Å². The zero-order chi connectivity index (χ0) is 26.2. The molecule has 4 heteroatoms. The number of nitrogens with one attached hydrogen (secondary N) is 2. The molecule has 0 aliphatic rings. The van der Waals surface area contributed by atoms with Gasteiger partial charge in [-0.25, -0.2) is 0 Å². The molecule has 0 saturated heterocycles. The average molecular weight is 497 g/mol. The van der Waals surface area contributed by atoms with Crippen molar-refractivity contribution in [3.8, 4) is 23.0 Å². The van der Waals surface area contributed by atoms with Gasteiger partial charge < -0.3 is 20.1 Å². The van der Waals surface area contributed by atoms with E-state index in [9.17, 15) is 0 Å². The Morgan fingerprint density at radius 3 is 0.868 bits per heavy atom. The second-order valence-electron chi connectivity index (χ2n) is 8.63. The molecule has 5 rings (SSSR count). The van der Waals surface area contributed by atoms with Gasteiger partial charge in [0.05, 0.1) is 0 Å². The maximum absolute atomic E-state index is 5.92. The third kappa shape index (κ3) is 6.50. The van der Waals surface area contributed by atoms with Crippen molar-refractivity contribution < 1.29 is 9.47 Å². The van der Waals surface area contributed by atoms with Crippen molar-refractivity contribution in [2.75, 3.05) is 10.6 Å². The van der Waals surface area contributed by atoms with Crippen LogP contribution in [0.25, 0.3) is 12.2 Å². The van der Waals surface area contributed by atoms with Crippen molar-refractivity contribution in [1.82, 2.24) is 0 Å². The molecular formula is C34H28N2O2. The quantitative estimate of drug-likeness (QED) is 0.202. The first kappa shape index (κ1) is 24.5. The summed E-state index contributed by atoms with van der Waals surface area (Å²) < 4.78 is 11.8. The molecule has 38 heavy (non-hydrogen) atoms. The maximum Gasteiger partial charge on any atom is 0.127 e. The molecule has 186 valence electrons. The van der Waals surface area contributed by atoms with E-state index in [4.69, 9.17) is 9.47 Å². The van der Waals surface area contributed by atoms with Gasteiger partial charge in [0.15, 0.2) is 0 Å². The van der Waals surface area contributed by atoms with Gasteiger partial charge in [-0.05, 0) is 108 Å². The topological polar surface area (TPSA) is 42.5 Å². The van der Waals surface area contributed by atoms with Crippen LogP contribution in [0.15, 0.2) is 134 Å². The Morgan fingerprint density at radius 1 is 0.368 bits per heavy atom. The van der Waals surface area contributed by atoms with Crippen molar-refractivity contribution in [2.24, 2.45) is 0 Å². The zero-order valence-corrected chi connectivity index (χ0v) is 20.9. The molecule has 0 unspecified atom stereocenters. The van der Waals surface area contributed by atoms with Gasteiger partial charge in [0.1, 0.15) is 23.0 Å². The molecule has 0 atom stereocenters. The van der Waals surface area contributed by atoms with E-state index in [-0.39, 0.29) is 0 Å². The highest BCUT2D eigenvalue weighted by Crippen LogP contribution is 2.28. The van der Waals surface area contributed by atoms with Crippen molar-refractivity contribution >= 4 is 34.9 Å². The number of anilines is 4. The van der Waals surface area contributed by atoms with Crippen LogP contribution in [0.2, 0.25) is 0 Å². The van der Waals surface area contributed by atoms with Crippen molar-refractivity contribution in [3.63, 3.8) is 0 Å². The summed E-state index contributed by atoms with van der Waals surface area (Å²) in [5.41, 5.74) is 6.08. The molecule has 0 amide bonds. The molecule has 5 aromatic rings. The van der Waals surface area contributed by atoms with Crippen LogP contribution in [0.1, 0.15) is 11.1 Å². The van der Waals surface area contributed by atoms with E-state index in [0.717, 1.165) is 56.9 Å². The average Bonchev–Trinajstić information content (AvgIpc) is 2.97. The Hall–Kier alpha value is -5.22. The molecule has 0 fully saturated rings. The summed E-state index contributed by atoms with van der Waals surface area (Å²) in [5, 5.41) is 6.85. The van der Waals surface area contributed by atoms with E-state index >= 15 is 0 Å². The second kappa shape index (κ2) is 11.7. The Balaban J connectivity index is 1.13. The second-order valence-corrected chi connectivity index (χ2v) is 8.63. The summed E-state index contributed by atoms with van der Waals surface area (Å²) in [5.74, 6) is 3.15. The van der Waals surface area contributed by atoms with Gasteiger partial charge in [-0.1, -0.05) is 49.6 Å². The summed E-state index contributed by atoms with van der Waals surface area (Å²) in [4.78, 5) is 0. The summed E-state index contributed by atoms with van der Waals surface area (Å²) in [7, 11) is 0. The number of hydrogen-bond acceptors (Lipinski definition) is 4. The minimum absolute atomic E-state index is 0.781. The van der Waals surface area contributed by atoms with E-state index in [0.29, 0.717) is 0 Å². The SMILES string of the molecule is C=Cc1ccc(Oc2ccc(Nc3ccc(Nc4ccc(Oc5ccc(C=C)cc5)cc4)cc3)cc2)cc1. The lowest BCUT2D eigenvalue weighted by atomic mass is 10.2. The van der Waals surface area contributed by atoms with Crippen molar-refractivity contribution in [3.05, 3.63) is 146 Å². The number of rotatable bonds is 10. The third-order valence-corrected chi connectivity index (χ3v) is 5.87. The lowest BCUT2D eigenvalue weighted by Gasteiger charge is -2.11. The highest BCUT2D eigenvalue weighted by molar-refractivity contribution is 5.66. The molecule has 5 aromatic carbocycles. The number of benzene rings is 5. The normalized spacial score (nSPS) is 10.3. The fraction of sp³-hybridized carbons (Fsp3) is 0. The predicted octanol–water partition coefficient (Wildman–Crippen LogP) is 10.0. The zero-order valence-electron chi connectivity index (χ0n) is 20.9. The molecule has 0 bridgehead atoms. The van der Waals surface area contributed by atoms with Gasteiger partial charge in [0, 0.05) is 22.7 Å². The van der Waals surface area contributed by atoms with Crippen molar-refractivity contribution in [1.29, 1.82) is 0 Å². The molecular weight excluding hydrogens is 468 g/mol. The highest BCUT2D eigenvalue weighted by Gasteiger charge is 2.02. The van der Waals surface area contributed by atoms with E-state index in [2.05, 4.69) is 23.8 Å². The van der Waals surface area contributed by atoms with Crippen molar-refractivity contribution in [2.45, 2.75) is 0 Å². The Kier molecular flexibility index (Phi) is 7.52. The van der Waals surface area contributed by atoms with Gasteiger partial charge in [0.2, 0.25) is 0 Å². The summed E-state index contributed by atoms with van der Waals surface area (Å²) in [6.07, 6.45) is 3.62. The van der Waals surface area contributed by atoms with E-state index in [1.54, 1.807) is 0 Å². The molecule has 0 aliphatic heterocycles. The number of hydrogen-bond donors (Lipinski definition) is 2. The van der Waals surface area contributed by atoms with Crippen LogP contribution < -0.4 is 20.1 Å². The molecule has 0 saturated carbocycles. The van der Waals surface area contributed by atoms with Crippen LogP contribution in [-0.4, -0.2) is 0 Å². The van der Waals surface area contributed by atoms with E-state index in [1.165, 1.54) is 0 Å². The van der Waals surface area contributed by atoms with Gasteiger partial charge in [-0.2, -0.15) is 0 Å². The monoisotopic (exact) mass is 496 g/mol. The Labute approximate surface area is 223 Å². The maximum atomic E-state index is 5.92. The van der Waals surface area contributed by atoms with Crippen LogP contribution in [0.3, 0.4) is 0 Å². The molecule has 4 nitrogen and oxygen atoms in total. The van der Waals surface area contributed by atoms with Crippen LogP contribution in [0.5, 0.6) is 23.0 Å². The lowest BCUT2D eigenvalue weighted by molar-refractivity contribution is 0.482. The molecule has 0 radical (unpaired) electrons. The fourth-order valence-corrected chi connectivity index (χ4v) is 3.80. The molecule has 2 N–H and O–H groups in total. The minimum atomic E-state index is 0.781. The third-order valence-electron chi connectivity index (χ3n) is 5.87. The molecule has 0 aliphatic carbocycles. The molecule has 0 aromatic heterocycles. The molecule has 0 heterocycles. The van der Waals surface area contributed by atoms with Gasteiger partial charge in [0.25, 0.3) is 0 Å². The van der Waals surface area contributed by atoms with Crippen LogP contribution >= 0.6 is 0 Å². The first-order valence-corrected chi connectivity index (χ1v) is 12.3. The summed E-state index contributed by atoms with van der Waals surface area (Å²) in [6.45, 7) is 7.55. The van der Waals surface area contributed by atoms with Crippen LogP contribution in [-0.2, 0) is 0 Å². The van der Waals surface area contributed by atoms with Crippen LogP contribution in [0.4, 0.5) is 22.7 Å². The molecule has 0 spiro atoms. The first-order valence-electron chi connectivity index (χ1n) is 12.3. The summed E-state index contributed by atoms with van der Waals surface area (Å²) in [6, 6.07) is 39.6. The van der Waals surface area contributed by atoms with Gasteiger partial charge >= 0.3 is 0 Å². The first-order chi connectivity index (χ1) is 18.7. The van der Waals surface area contributed by atoms with Gasteiger partial charge in [-0.3, -0.25) is 0 Å². The standard InChI is InChI=1S/C34H28N2O2/c1-3-25-5-17-31(18-6-25)37-33-21-13-29(14-22-33)35-27-9-11-28(12-10-27)36-30-15-23-34(24-16-30)38-32-19-7-26(4-2)8-20-32/h3-24,35-36H,1-2H2.